The lowest BCUT2D eigenvalue weighted by Gasteiger charge is -2.18. The first-order valence-electron chi connectivity index (χ1n) is 9.47. The number of hydrogen-bond donors (Lipinski definition) is 2. The highest BCUT2D eigenvalue weighted by molar-refractivity contribution is 5.66. The van der Waals surface area contributed by atoms with E-state index in [1.807, 2.05) is 6.07 Å². The Morgan fingerprint density at radius 2 is 1.56 bits per heavy atom. The van der Waals surface area contributed by atoms with Crippen LogP contribution in [-0.4, -0.2) is 23.1 Å². The van der Waals surface area contributed by atoms with Gasteiger partial charge in [0.05, 0.1) is 0 Å². The second kappa shape index (κ2) is 7.66. The normalized spacial score (nSPS) is 13.6. The fourth-order valence-corrected chi connectivity index (χ4v) is 3.49. The Hall–Kier alpha value is -3.08. The minimum Gasteiger partial charge on any atom is -0.372 e. The molecule has 5 nitrogen and oxygen atoms in total. The van der Waals surface area contributed by atoms with E-state index in [4.69, 9.17) is 0 Å². The molecule has 4 rings (SSSR count). The van der Waals surface area contributed by atoms with Gasteiger partial charge in [0.25, 0.3) is 0 Å². The minimum atomic E-state index is 0.583. The van der Waals surface area contributed by atoms with Crippen LogP contribution in [0.2, 0.25) is 0 Å². The summed E-state index contributed by atoms with van der Waals surface area (Å²) in [6.07, 6.45) is 4.34. The molecule has 0 spiro atoms. The van der Waals surface area contributed by atoms with Crippen molar-refractivity contribution >= 4 is 28.8 Å². The predicted molar refractivity (Wildman–Crippen MR) is 112 cm³/mol. The maximum Gasteiger partial charge on any atom is 0.229 e. The van der Waals surface area contributed by atoms with Gasteiger partial charge in [-0.05, 0) is 68.1 Å². The van der Waals surface area contributed by atoms with Crippen LogP contribution in [0.1, 0.15) is 24.0 Å². The van der Waals surface area contributed by atoms with Crippen molar-refractivity contribution in [3.8, 4) is 0 Å². The molecule has 0 atom stereocenters. The molecule has 0 saturated carbocycles. The van der Waals surface area contributed by atoms with E-state index in [0.717, 1.165) is 30.3 Å². The van der Waals surface area contributed by atoms with Crippen molar-refractivity contribution in [3.05, 3.63) is 65.9 Å². The molecule has 2 heterocycles. The molecule has 2 aromatic carbocycles. The van der Waals surface area contributed by atoms with E-state index in [2.05, 4.69) is 81.8 Å². The van der Waals surface area contributed by atoms with Gasteiger partial charge in [-0.1, -0.05) is 18.2 Å². The van der Waals surface area contributed by atoms with Crippen LogP contribution < -0.4 is 15.5 Å². The van der Waals surface area contributed by atoms with E-state index in [1.165, 1.54) is 29.7 Å². The molecule has 138 valence electrons. The lowest BCUT2D eigenvalue weighted by atomic mass is 10.1. The van der Waals surface area contributed by atoms with E-state index in [-0.39, 0.29) is 0 Å². The number of nitrogens with one attached hydrogen (secondary N) is 2. The number of aryl methyl sites for hydroxylation is 2. The van der Waals surface area contributed by atoms with Crippen molar-refractivity contribution in [1.29, 1.82) is 0 Å². The first-order valence-corrected chi connectivity index (χ1v) is 9.47. The first kappa shape index (κ1) is 17.3. The maximum absolute atomic E-state index is 4.60. The van der Waals surface area contributed by atoms with E-state index in [1.54, 1.807) is 6.20 Å². The molecule has 5 heteroatoms. The van der Waals surface area contributed by atoms with Crippen LogP contribution in [0.3, 0.4) is 0 Å². The molecule has 1 saturated heterocycles. The minimum absolute atomic E-state index is 0.583. The van der Waals surface area contributed by atoms with Crippen molar-refractivity contribution in [3.63, 3.8) is 0 Å². The summed E-state index contributed by atoms with van der Waals surface area (Å²) >= 11 is 0. The Morgan fingerprint density at radius 1 is 0.852 bits per heavy atom. The molecular weight excluding hydrogens is 334 g/mol. The predicted octanol–water partition coefficient (Wildman–Crippen LogP) is 5.18. The van der Waals surface area contributed by atoms with Gasteiger partial charge in [0.15, 0.2) is 0 Å². The average molecular weight is 359 g/mol. The summed E-state index contributed by atoms with van der Waals surface area (Å²) in [5.41, 5.74) is 5.75. The summed E-state index contributed by atoms with van der Waals surface area (Å²) in [6.45, 7) is 6.50. The molecule has 1 aliphatic heterocycles. The summed E-state index contributed by atoms with van der Waals surface area (Å²) in [6, 6.07) is 16.6. The van der Waals surface area contributed by atoms with Gasteiger partial charge in [-0.15, -0.1) is 0 Å². The molecule has 0 aliphatic carbocycles. The molecule has 3 aromatic rings. The van der Waals surface area contributed by atoms with Crippen molar-refractivity contribution < 1.29 is 0 Å². The topological polar surface area (TPSA) is 53.1 Å². The molecule has 0 bridgehead atoms. The Balaban J connectivity index is 1.48. The average Bonchev–Trinajstić information content (AvgIpc) is 3.21. The fourth-order valence-electron chi connectivity index (χ4n) is 3.49. The first-order chi connectivity index (χ1) is 13.2. The fraction of sp³-hybridized carbons (Fsp3) is 0.273. The Bertz CT molecular complexity index is 894. The number of rotatable bonds is 5. The quantitative estimate of drug-likeness (QED) is 0.657. The van der Waals surface area contributed by atoms with Gasteiger partial charge in [0, 0.05) is 36.3 Å². The van der Waals surface area contributed by atoms with Gasteiger partial charge in [-0.2, -0.15) is 4.98 Å². The van der Waals surface area contributed by atoms with E-state index < -0.39 is 0 Å². The van der Waals surface area contributed by atoms with E-state index >= 15 is 0 Å². The van der Waals surface area contributed by atoms with Gasteiger partial charge in [0.1, 0.15) is 5.82 Å². The zero-order chi connectivity index (χ0) is 18.6. The monoisotopic (exact) mass is 359 g/mol. The van der Waals surface area contributed by atoms with Crippen LogP contribution in [0.4, 0.5) is 28.8 Å². The molecule has 2 N–H and O–H groups in total. The molecule has 0 unspecified atom stereocenters. The number of para-hydroxylation sites is 1. The number of nitrogens with zero attached hydrogens (tertiary/aromatic N) is 3. The van der Waals surface area contributed by atoms with Crippen molar-refractivity contribution in [1.82, 2.24) is 9.97 Å². The van der Waals surface area contributed by atoms with Crippen LogP contribution >= 0.6 is 0 Å². The second-order valence-electron chi connectivity index (χ2n) is 7.02. The Labute approximate surface area is 160 Å². The molecule has 1 fully saturated rings. The molecular formula is C22H25N5. The molecule has 0 radical (unpaired) electrons. The van der Waals surface area contributed by atoms with Crippen LogP contribution in [-0.2, 0) is 0 Å². The standard InChI is InChI=1S/C22H25N5/c1-16-6-5-7-17(2)21(16)25-20-12-13-23-22(26-20)24-18-8-10-19(11-9-18)27-14-3-4-15-27/h5-13H,3-4,14-15H2,1-2H3,(H2,23,24,25,26). The Morgan fingerprint density at radius 3 is 2.26 bits per heavy atom. The highest BCUT2D eigenvalue weighted by Crippen LogP contribution is 2.25. The van der Waals surface area contributed by atoms with Crippen LogP contribution in [0.5, 0.6) is 0 Å². The zero-order valence-electron chi connectivity index (χ0n) is 15.9. The van der Waals surface area contributed by atoms with Crippen LogP contribution in [0, 0.1) is 13.8 Å². The largest absolute Gasteiger partial charge is 0.372 e. The van der Waals surface area contributed by atoms with Gasteiger partial charge in [-0.3, -0.25) is 0 Å². The Kier molecular flexibility index (Phi) is 4.92. The van der Waals surface area contributed by atoms with E-state index in [9.17, 15) is 0 Å². The third kappa shape index (κ3) is 4.03. The van der Waals surface area contributed by atoms with Crippen LogP contribution in [0.15, 0.2) is 54.7 Å². The molecule has 27 heavy (non-hydrogen) atoms. The third-order valence-corrected chi connectivity index (χ3v) is 4.98. The van der Waals surface area contributed by atoms with Gasteiger partial charge < -0.3 is 15.5 Å². The number of anilines is 5. The molecule has 1 aliphatic rings. The van der Waals surface area contributed by atoms with Crippen LogP contribution in [0.25, 0.3) is 0 Å². The number of benzene rings is 2. The molecule has 1 aromatic heterocycles. The third-order valence-electron chi connectivity index (χ3n) is 4.98. The summed E-state index contributed by atoms with van der Waals surface area (Å²) in [4.78, 5) is 11.4. The summed E-state index contributed by atoms with van der Waals surface area (Å²) in [7, 11) is 0. The highest BCUT2D eigenvalue weighted by Gasteiger charge is 2.12. The zero-order valence-corrected chi connectivity index (χ0v) is 15.9. The summed E-state index contributed by atoms with van der Waals surface area (Å²) < 4.78 is 0. The van der Waals surface area contributed by atoms with Crippen molar-refractivity contribution in [2.75, 3.05) is 28.6 Å². The van der Waals surface area contributed by atoms with Gasteiger partial charge in [-0.25, -0.2) is 4.98 Å². The summed E-state index contributed by atoms with van der Waals surface area (Å²) in [5, 5.41) is 6.71. The van der Waals surface area contributed by atoms with Gasteiger partial charge >= 0.3 is 0 Å². The number of aromatic nitrogens is 2. The van der Waals surface area contributed by atoms with Gasteiger partial charge in [0.2, 0.25) is 5.95 Å². The van der Waals surface area contributed by atoms with Crippen molar-refractivity contribution in [2.45, 2.75) is 26.7 Å². The lowest BCUT2D eigenvalue weighted by molar-refractivity contribution is 0.949. The lowest BCUT2D eigenvalue weighted by Crippen LogP contribution is -2.17. The number of hydrogen-bond acceptors (Lipinski definition) is 5. The summed E-state index contributed by atoms with van der Waals surface area (Å²) in [5.74, 6) is 1.36. The van der Waals surface area contributed by atoms with E-state index in [0.29, 0.717) is 5.95 Å². The second-order valence-corrected chi connectivity index (χ2v) is 7.02. The highest BCUT2D eigenvalue weighted by atomic mass is 15.2. The van der Waals surface area contributed by atoms with Crippen molar-refractivity contribution in [2.24, 2.45) is 0 Å². The SMILES string of the molecule is Cc1cccc(C)c1Nc1ccnc(Nc2ccc(N3CCCC3)cc2)n1. The molecule has 0 amide bonds. The maximum atomic E-state index is 4.60. The smallest absolute Gasteiger partial charge is 0.229 e.